The van der Waals surface area contributed by atoms with Crippen molar-refractivity contribution >= 4 is 30.7 Å². The van der Waals surface area contributed by atoms with Crippen molar-refractivity contribution < 1.29 is 14.3 Å². The number of pyridine rings is 1. The summed E-state index contributed by atoms with van der Waals surface area (Å²) in [6, 6.07) is 11.8. The van der Waals surface area contributed by atoms with Gasteiger partial charge in [-0.15, -0.1) is 0 Å². The Labute approximate surface area is 177 Å². The number of nitrogens with zero attached hydrogens (tertiary/aromatic N) is 2. The molecule has 3 rings (SSSR count). The molecular formula is C22H27N3O3S. The molecule has 1 N–H and O–H groups in total. The number of benzene rings is 1. The molecule has 0 unspecified atom stereocenters. The Kier molecular flexibility index (Phi) is 6.17. The molecule has 0 saturated carbocycles. The molecule has 0 aliphatic carbocycles. The maximum Gasteiger partial charge on any atom is 0.412 e. The first kappa shape index (κ1) is 21.2. The summed E-state index contributed by atoms with van der Waals surface area (Å²) in [6.07, 6.45) is 5.00. The van der Waals surface area contributed by atoms with Gasteiger partial charge in [-0.05, 0) is 62.6 Å². The molecule has 1 fully saturated rings. The van der Waals surface area contributed by atoms with Crippen molar-refractivity contribution in [2.45, 2.75) is 50.1 Å². The van der Waals surface area contributed by atoms with Crippen LogP contribution >= 0.6 is 12.6 Å². The number of carbonyl (C=O) groups excluding carboxylic acids is 2. The van der Waals surface area contributed by atoms with Crippen molar-refractivity contribution in [2.75, 3.05) is 11.9 Å². The molecule has 2 aromatic rings. The lowest BCUT2D eigenvalue weighted by Gasteiger charge is -2.36. The van der Waals surface area contributed by atoms with Crippen LogP contribution in [0.15, 0.2) is 48.8 Å². The lowest BCUT2D eigenvalue weighted by Crippen LogP contribution is -2.55. The van der Waals surface area contributed by atoms with E-state index in [1.807, 2.05) is 36.4 Å². The Bertz CT molecular complexity index is 852. The van der Waals surface area contributed by atoms with E-state index in [9.17, 15) is 9.59 Å². The highest BCUT2D eigenvalue weighted by Crippen LogP contribution is 2.33. The number of aldehydes is 1. The molecule has 2 heterocycles. The summed E-state index contributed by atoms with van der Waals surface area (Å²) in [6.45, 7) is 5.74. The Hall–Kier alpha value is -2.54. The number of likely N-dealkylation sites (tertiary alicyclic amines) is 1. The predicted molar refractivity (Wildman–Crippen MR) is 116 cm³/mol. The van der Waals surface area contributed by atoms with Gasteiger partial charge in [-0.1, -0.05) is 12.1 Å². The minimum atomic E-state index is -1.18. The molecule has 154 valence electrons. The van der Waals surface area contributed by atoms with Gasteiger partial charge in [0.05, 0.1) is 0 Å². The Balaban J connectivity index is 1.76. The number of ether oxygens (including phenoxy) is 1. The van der Waals surface area contributed by atoms with E-state index in [0.717, 1.165) is 24.0 Å². The maximum atomic E-state index is 12.7. The molecule has 0 spiro atoms. The molecule has 2 atom stereocenters. The number of nitrogens with one attached hydrogen (secondary N) is 1. The number of carbonyl (C=O) groups is 2. The first-order valence-corrected chi connectivity index (χ1v) is 10.1. The first-order chi connectivity index (χ1) is 13.7. The van der Waals surface area contributed by atoms with Gasteiger partial charge in [0.15, 0.2) is 11.9 Å². The van der Waals surface area contributed by atoms with Crippen LogP contribution in [0.5, 0.6) is 0 Å². The van der Waals surface area contributed by atoms with Gasteiger partial charge in [0.2, 0.25) is 0 Å². The van der Waals surface area contributed by atoms with Gasteiger partial charge in [-0.2, -0.15) is 12.6 Å². The topological polar surface area (TPSA) is 71.5 Å². The van der Waals surface area contributed by atoms with Crippen LogP contribution in [-0.2, 0) is 16.0 Å². The van der Waals surface area contributed by atoms with E-state index in [4.69, 9.17) is 4.74 Å². The van der Waals surface area contributed by atoms with Gasteiger partial charge in [0, 0.05) is 36.3 Å². The molecule has 1 aliphatic heterocycles. The lowest BCUT2D eigenvalue weighted by atomic mass is 10.0. The largest absolute Gasteiger partial charge is 0.444 e. The van der Waals surface area contributed by atoms with Crippen molar-refractivity contribution in [2.24, 2.45) is 0 Å². The third kappa shape index (κ3) is 5.29. The number of hydrogen-bond donors (Lipinski definition) is 2. The van der Waals surface area contributed by atoms with Crippen LogP contribution in [0.4, 0.5) is 10.5 Å². The average molecular weight is 414 g/mol. The van der Waals surface area contributed by atoms with Crippen LogP contribution in [0.2, 0.25) is 0 Å². The van der Waals surface area contributed by atoms with Gasteiger partial charge >= 0.3 is 6.09 Å². The van der Waals surface area contributed by atoms with Gasteiger partial charge in [-0.25, -0.2) is 4.79 Å². The number of rotatable bonds is 5. The van der Waals surface area contributed by atoms with Gasteiger partial charge < -0.3 is 10.1 Å². The SMILES string of the molecule is CC(C)(C)OC(=O)N1C[C@@H](S)C[C@]1(C=O)Nc1ccc(Cc2ccncc2)cc1. The van der Waals surface area contributed by atoms with Crippen LogP contribution in [-0.4, -0.2) is 45.3 Å². The quantitative estimate of drug-likeness (QED) is 0.574. The predicted octanol–water partition coefficient (Wildman–Crippen LogP) is 3.92. The molecule has 6 nitrogen and oxygen atoms in total. The normalized spacial score (nSPS) is 21.7. The fraction of sp³-hybridized carbons (Fsp3) is 0.409. The molecule has 1 amide bonds. The van der Waals surface area contributed by atoms with Crippen LogP contribution in [0.3, 0.4) is 0 Å². The Morgan fingerprint density at radius 2 is 1.86 bits per heavy atom. The summed E-state index contributed by atoms with van der Waals surface area (Å²) in [5, 5.41) is 3.12. The number of anilines is 1. The van der Waals surface area contributed by atoms with E-state index in [0.29, 0.717) is 13.0 Å². The summed E-state index contributed by atoms with van der Waals surface area (Å²) in [5.74, 6) is 0. The van der Waals surface area contributed by atoms with E-state index >= 15 is 0 Å². The van der Waals surface area contributed by atoms with E-state index < -0.39 is 17.4 Å². The monoisotopic (exact) mass is 413 g/mol. The van der Waals surface area contributed by atoms with E-state index in [-0.39, 0.29) is 5.25 Å². The van der Waals surface area contributed by atoms with Crippen molar-refractivity contribution in [3.05, 3.63) is 59.9 Å². The summed E-state index contributed by atoms with van der Waals surface area (Å²) in [7, 11) is 0. The molecular weight excluding hydrogens is 386 g/mol. The number of thiol groups is 1. The molecule has 1 aliphatic rings. The van der Waals surface area contributed by atoms with Crippen molar-refractivity contribution in [1.29, 1.82) is 0 Å². The Morgan fingerprint density at radius 1 is 1.24 bits per heavy atom. The van der Waals surface area contributed by atoms with E-state index in [1.54, 1.807) is 33.2 Å². The minimum absolute atomic E-state index is 0.119. The highest BCUT2D eigenvalue weighted by atomic mass is 32.1. The zero-order chi connectivity index (χ0) is 21.1. The van der Waals surface area contributed by atoms with Crippen LogP contribution in [0.1, 0.15) is 38.3 Å². The third-order valence-electron chi connectivity index (χ3n) is 4.70. The first-order valence-electron chi connectivity index (χ1n) is 9.62. The second-order valence-corrected chi connectivity index (χ2v) is 9.08. The molecule has 1 aromatic heterocycles. The molecule has 1 aromatic carbocycles. The summed E-state index contributed by atoms with van der Waals surface area (Å²) >= 11 is 4.51. The standard InChI is InChI=1S/C22H27N3O3S/c1-21(2,3)28-20(27)25-14-19(29)13-22(25,15-26)24-18-6-4-16(5-7-18)12-17-8-10-23-11-9-17/h4-11,15,19,24,29H,12-14H2,1-3H3/t19-,22-/m0/s1. The highest BCUT2D eigenvalue weighted by Gasteiger charge is 2.49. The molecule has 0 radical (unpaired) electrons. The van der Waals surface area contributed by atoms with Crippen LogP contribution in [0, 0.1) is 0 Å². The van der Waals surface area contributed by atoms with E-state index in [2.05, 4.69) is 22.9 Å². The number of aromatic nitrogens is 1. The van der Waals surface area contributed by atoms with Gasteiger partial charge in [0.25, 0.3) is 0 Å². The number of hydrogen-bond acceptors (Lipinski definition) is 6. The van der Waals surface area contributed by atoms with Crippen LogP contribution < -0.4 is 5.32 Å². The Morgan fingerprint density at radius 3 is 2.45 bits per heavy atom. The van der Waals surface area contributed by atoms with Gasteiger partial charge in [0.1, 0.15) is 5.60 Å². The fourth-order valence-corrected chi connectivity index (χ4v) is 3.86. The average Bonchev–Trinajstić information content (AvgIpc) is 3.00. The van der Waals surface area contributed by atoms with Crippen LogP contribution in [0.25, 0.3) is 0 Å². The maximum absolute atomic E-state index is 12.7. The highest BCUT2D eigenvalue weighted by molar-refractivity contribution is 7.81. The zero-order valence-corrected chi connectivity index (χ0v) is 17.9. The van der Waals surface area contributed by atoms with Gasteiger partial charge in [-0.3, -0.25) is 14.7 Å². The van der Waals surface area contributed by atoms with Crippen molar-refractivity contribution in [1.82, 2.24) is 9.88 Å². The number of amides is 1. The summed E-state index contributed by atoms with van der Waals surface area (Å²) in [5.41, 5.74) is 1.25. The van der Waals surface area contributed by atoms with E-state index in [1.165, 1.54) is 10.5 Å². The fourth-order valence-electron chi connectivity index (χ4n) is 3.41. The second kappa shape index (κ2) is 8.45. The smallest absolute Gasteiger partial charge is 0.412 e. The molecule has 29 heavy (non-hydrogen) atoms. The lowest BCUT2D eigenvalue weighted by molar-refractivity contribution is -0.115. The second-order valence-electron chi connectivity index (χ2n) is 8.35. The molecule has 7 heteroatoms. The third-order valence-corrected chi connectivity index (χ3v) is 5.05. The minimum Gasteiger partial charge on any atom is -0.444 e. The zero-order valence-electron chi connectivity index (χ0n) is 17.0. The van der Waals surface area contributed by atoms with Crippen molar-refractivity contribution in [3.8, 4) is 0 Å². The molecule has 1 saturated heterocycles. The van der Waals surface area contributed by atoms with Crippen molar-refractivity contribution in [3.63, 3.8) is 0 Å². The summed E-state index contributed by atoms with van der Waals surface area (Å²) in [4.78, 5) is 30.3. The molecule has 0 bridgehead atoms. The summed E-state index contributed by atoms with van der Waals surface area (Å²) < 4.78 is 5.50.